The molecule has 1 amide bonds. The Hall–Kier alpha value is -2.61. The number of carbonyl (C=O) groups excluding carboxylic acids is 1. The zero-order valence-corrected chi connectivity index (χ0v) is 16.8. The van der Waals surface area contributed by atoms with Gasteiger partial charge in [0.2, 0.25) is 5.91 Å². The average Bonchev–Trinajstić information content (AvgIpc) is 2.96. The summed E-state index contributed by atoms with van der Waals surface area (Å²) in [6.07, 6.45) is 0. The van der Waals surface area contributed by atoms with Crippen LogP contribution in [0.25, 0.3) is 11.0 Å². The van der Waals surface area contributed by atoms with Gasteiger partial charge in [-0.25, -0.2) is 4.98 Å². The average molecular weight is 385 g/mol. The van der Waals surface area contributed by atoms with E-state index >= 15 is 0 Å². The number of hydrogen-bond donors (Lipinski definition) is 1. The molecule has 142 valence electrons. The summed E-state index contributed by atoms with van der Waals surface area (Å²) in [5, 5.41) is 7.81. The van der Waals surface area contributed by atoms with Gasteiger partial charge in [0.25, 0.3) is 5.56 Å². The highest BCUT2D eigenvalue weighted by molar-refractivity contribution is 7.99. The maximum atomic E-state index is 12.9. The number of benzene rings is 1. The third kappa shape index (κ3) is 3.90. The van der Waals surface area contributed by atoms with Crippen LogP contribution in [0.4, 0.5) is 5.69 Å². The fraction of sp³-hybridized carbons (Fsp3) is 0.368. The summed E-state index contributed by atoms with van der Waals surface area (Å²) in [7, 11) is 0. The lowest BCUT2D eigenvalue weighted by atomic mass is 10.2. The van der Waals surface area contributed by atoms with Crippen molar-refractivity contribution in [2.24, 2.45) is 0 Å². The second-order valence-electron chi connectivity index (χ2n) is 6.25. The molecule has 0 aliphatic carbocycles. The predicted octanol–water partition coefficient (Wildman–Crippen LogP) is 2.98. The quantitative estimate of drug-likeness (QED) is 0.521. The summed E-state index contributed by atoms with van der Waals surface area (Å²) in [5.74, 6) is 0.0379. The van der Waals surface area contributed by atoms with Crippen LogP contribution in [-0.2, 0) is 17.9 Å². The minimum absolute atomic E-state index is 0.119. The van der Waals surface area contributed by atoms with Crippen molar-refractivity contribution < 1.29 is 4.79 Å². The maximum absolute atomic E-state index is 12.9. The Morgan fingerprint density at radius 3 is 2.67 bits per heavy atom. The summed E-state index contributed by atoms with van der Waals surface area (Å²) >= 11 is 1.26. The van der Waals surface area contributed by atoms with Crippen LogP contribution in [-0.4, -0.2) is 31.0 Å². The van der Waals surface area contributed by atoms with Gasteiger partial charge in [-0.2, -0.15) is 5.10 Å². The van der Waals surface area contributed by atoms with E-state index in [1.54, 1.807) is 9.25 Å². The molecule has 0 aliphatic rings. The van der Waals surface area contributed by atoms with Crippen molar-refractivity contribution in [2.45, 2.75) is 45.9 Å². The van der Waals surface area contributed by atoms with Crippen molar-refractivity contribution in [1.82, 2.24) is 19.3 Å². The first-order valence-electron chi connectivity index (χ1n) is 8.91. The number of thioether (sulfide) groups is 1. The van der Waals surface area contributed by atoms with E-state index in [2.05, 4.69) is 15.4 Å². The van der Waals surface area contributed by atoms with Crippen molar-refractivity contribution in [3.8, 4) is 0 Å². The Bertz CT molecular complexity index is 1050. The fourth-order valence-corrected chi connectivity index (χ4v) is 3.81. The monoisotopic (exact) mass is 385 g/mol. The molecule has 0 unspecified atom stereocenters. The third-order valence-corrected chi connectivity index (χ3v) is 5.21. The number of aryl methyl sites for hydroxylation is 3. The second kappa shape index (κ2) is 7.96. The third-order valence-electron chi connectivity index (χ3n) is 4.23. The molecule has 7 nitrogen and oxygen atoms in total. The summed E-state index contributed by atoms with van der Waals surface area (Å²) in [6, 6.07) is 7.64. The number of amides is 1. The molecule has 27 heavy (non-hydrogen) atoms. The standard InChI is InChI=1S/C19H23N5O2S/c1-5-23-18(26)17-16(13(4)22-24(17)6-2)21-19(23)27-11-15(25)20-14-9-7-8-12(3)10-14/h7-10H,5-6,11H2,1-4H3,(H,20,25). The first kappa shape index (κ1) is 19.2. The lowest BCUT2D eigenvalue weighted by molar-refractivity contribution is -0.113. The van der Waals surface area contributed by atoms with E-state index in [9.17, 15) is 9.59 Å². The predicted molar refractivity (Wildman–Crippen MR) is 108 cm³/mol. The molecular weight excluding hydrogens is 362 g/mol. The number of nitrogens with one attached hydrogen (secondary N) is 1. The summed E-state index contributed by atoms with van der Waals surface area (Å²) in [5.41, 5.74) is 3.57. The SMILES string of the molecule is CCn1c(SCC(=O)Nc2cccc(C)c2)nc2c(C)nn(CC)c2c1=O. The van der Waals surface area contributed by atoms with Gasteiger partial charge in [-0.05, 0) is 45.4 Å². The number of carbonyl (C=O) groups is 1. The molecule has 0 fully saturated rings. The highest BCUT2D eigenvalue weighted by Crippen LogP contribution is 2.20. The van der Waals surface area contributed by atoms with Crippen molar-refractivity contribution >= 4 is 34.4 Å². The van der Waals surface area contributed by atoms with Crippen LogP contribution >= 0.6 is 11.8 Å². The molecule has 8 heteroatoms. The molecule has 0 spiro atoms. The normalized spacial score (nSPS) is 11.1. The van der Waals surface area contributed by atoms with Gasteiger partial charge in [0.1, 0.15) is 5.52 Å². The Morgan fingerprint density at radius 2 is 2.00 bits per heavy atom. The largest absolute Gasteiger partial charge is 0.325 e. The van der Waals surface area contributed by atoms with E-state index in [0.29, 0.717) is 29.3 Å². The number of aromatic nitrogens is 4. The number of fused-ring (bicyclic) bond motifs is 1. The molecule has 3 rings (SSSR count). The van der Waals surface area contributed by atoms with E-state index in [1.807, 2.05) is 52.0 Å². The summed E-state index contributed by atoms with van der Waals surface area (Å²) < 4.78 is 3.28. The zero-order chi connectivity index (χ0) is 19.6. The molecule has 0 radical (unpaired) electrons. The number of anilines is 1. The van der Waals surface area contributed by atoms with Crippen LogP contribution in [0, 0.1) is 13.8 Å². The van der Waals surface area contributed by atoms with Crippen LogP contribution in [0.5, 0.6) is 0 Å². The molecule has 2 aromatic heterocycles. The lowest BCUT2D eigenvalue weighted by Gasteiger charge is -2.11. The van der Waals surface area contributed by atoms with E-state index < -0.39 is 0 Å². The van der Waals surface area contributed by atoms with Gasteiger partial charge < -0.3 is 5.32 Å². The minimum Gasteiger partial charge on any atom is -0.325 e. The zero-order valence-electron chi connectivity index (χ0n) is 15.9. The van der Waals surface area contributed by atoms with E-state index in [-0.39, 0.29) is 17.2 Å². The molecule has 0 saturated heterocycles. The Balaban J connectivity index is 1.85. The highest BCUT2D eigenvalue weighted by atomic mass is 32.2. The highest BCUT2D eigenvalue weighted by Gasteiger charge is 2.18. The second-order valence-corrected chi connectivity index (χ2v) is 7.19. The van der Waals surface area contributed by atoms with Crippen molar-refractivity contribution in [3.05, 3.63) is 45.9 Å². The van der Waals surface area contributed by atoms with Crippen molar-refractivity contribution in [2.75, 3.05) is 11.1 Å². The summed E-state index contributed by atoms with van der Waals surface area (Å²) in [4.78, 5) is 29.8. The molecule has 3 aromatic rings. The van der Waals surface area contributed by atoms with Gasteiger partial charge in [-0.3, -0.25) is 18.8 Å². The topological polar surface area (TPSA) is 81.8 Å². The Morgan fingerprint density at radius 1 is 1.22 bits per heavy atom. The molecule has 1 aromatic carbocycles. The van der Waals surface area contributed by atoms with E-state index in [0.717, 1.165) is 16.9 Å². The van der Waals surface area contributed by atoms with Gasteiger partial charge in [-0.1, -0.05) is 23.9 Å². The molecule has 0 atom stereocenters. The number of rotatable bonds is 6. The molecule has 2 heterocycles. The molecular formula is C19H23N5O2S. The Labute approximate surface area is 161 Å². The van der Waals surface area contributed by atoms with Gasteiger partial charge in [0, 0.05) is 18.8 Å². The van der Waals surface area contributed by atoms with Gasteiger partial charge >= 0.3 is 0 Å². The van der Waals surface area contributed by atoms with Crippen LogP contribution in [0.1, 0.15) is 25.1 Å². The summed E-state index contributed by atoms with van der Waals surface area (Å²) in [6.45, 7) is 8.75. The van der Waals surface area contributed by atoms with Crippen molar-refractivity contribution in [3.63, 3.8) is 0 Å². The Kier molecular flexibility index (Phi) is 5.65. The van der Waals surface area contributed by atoms with E-state index in [4.69, 9.17) is 0 Å². The van der Waals surface area contributed by atoms with Gasteiger partial charge in [0.15, 0.2) is 10.7 Å². The minimum atomic E-state index is -0.136. The van der Waals surface area contributed by atoms with E-state index in [1.165, 1.54) is 11.8 Å². The first-order valence-corrected chi connectivity index (χ1v) is 9.90. The molecule has 0 aliphatic heterocycles. The van der Waals surface area contributed by atoms with Crippen molar-refractivity contribution in [1.29, 1.82) is 0 Å². The molecule has 0 saturated carbocycles. The van der Waals surface area contributed by atoms with Crippen LogP contribution in [0.15, 0.2) is 34.2 Å². The lowest BCUT2D eigenvalue weighted by Crippen LogP contribution is -2.25. The smallest absolute Gasteiger partial charge is 0.280 e. The number of nitrogens with zero attached hydrogens (tertiary/aromatic N) is 4. The van der Waals surface area contributed by atoms with Crippen LogP contribution in [0.2, 0.25) is 0 Å². The molecule has 0 bridgehead atoms. The first-order chi connectivity index (χ1) is 12.9. The number of hydrogen-bond acceptors (Lipinski definition) is 5. The maximum Gasteiger partial charge on any atom is 0.280 e. The molecule has 1 N–H and O–H groups in total. The van der Waals surface area contributed by atoms with Gasteiger partial charge in [0.05, 0.1) is 11.4 Å². The van der Waals surface area contributed by atoms with Crippen LogP contribution < -0.4 is 10.9 Å². The van der Waals surface area contributed by atoms with Gasteiger partial charge in [-0.15, -0.1) is 0 Å². The van der Waals surface area contributed by atoms with Crippen LogP contribution in [0.3, 0.4) is 0 Å². The fourth-order valence-electron chi connectivity index (χ4n) is 2.96.